The fourth-order valence-electron chi connectivity index (χ4n) is 5.14. The Kier molecular flexibility index (Phi) is 12.9. The minimum absolute atomic E-state index is 0.0329. The fourth-order valence-corrected chi connectivity index (χ4v) is 7.58. The number of rotatable bonds is 15. The summed E-state index contributed by atoms with van der Waals surface area (Å²) in [4.78, 5) is 0. The maximum atomic E-state index is 12.0. The number of hydrogen-bond acceptors (Lipinski definition) is 7. The van der Waals surface area contributed by atoms with Crippen LogP contribution in [0.5, 0.6) is 5.75 Å². The summed E-state index contributed by atoms with van der Waals surface area (Å²) in [5.41, 5.74) is -0.0225. The summed E-state index contributed by atoms with van der Waals surface area (Å²) >= 11 is 0. The molecule has 1 fully saturated rings. The van der Waals surface area contributed by atoms with Crippen LogP contribution in [0, 0.1) is 17.8 Å². The van der Waals surface area contributed by atoms with Crippen LogP contribution in [0.4, 0.5) is 0 Å². The number of hydrogen-bond donors (Lipinski definition) is 2. The van der Waals surface area contributed by atoms with Crippen LogP contribution >= 0.6 is 0 Å². The van der Waals surface area contributed by atoms with Gasteiger partial charge in [0.25, 0.3) is 0 Å². The van der Waals surface area contributed by atoms with Gasteiger partial charge in [-0.15, -0.1) is 6.58 Å². The molecule has 1 aromatic carbocycles. The Morgan fingerprint density at radius 3 is 2.05 bits per heavy atom. The molecule has 1 saturated heterocycles. The van der Waals surface area contributed by atoms with E-state index in [9.17, 15) is 10.2 Å². The minimum atomic E-state index is -2.32. The zero-order valence-corrected chi connectivity index (χ0v) is 31.3. The van der Waals surface area contributed by atoms with E-state index < -0.39 is 40.5 Å². The smallest absolute Gasteiger partial charge is 0.192 e. The predicted molar refractivity (Wildman–Crippen MR) is 181 cm³/mol. The first kappa shape index (κ1) is 38.1. The van der Waals surface area contributed by atoms with Crippen LogP contribution in [0.2, 0.25) is 36.3 Å². The van der Waals surface area contributed by atoms with Gasteiger partial charge in [-0.2, -0.15) is 0 Å². The molecule has 0 radical (unpaired) electrons. The maximum Gasteiger partial charge on any atom is 0.192 e. The van der Waals surface area contributed by atoms with Gasteiger partial charge in [-0.05, 0) is 60.9 Å². The van der Waals surface area contributed by atoms with Gasteiger partial charge in [0.05, 0.1) is 45.2 Å². The van der Waals surface area contributed by atoms with Gasteiger partial charge in [-0.1, -0.05) is 66.7 Å². The molecule has 0 spiro atoms. The van der Waals surface area contributed by atoms with Crippen LogP contribution in [0.3, 0.4) is 0 Å². The Bertz CT molecular complexity index is 1020. The van der Waals surface area contributed by atoms with E-state index in [1.807, 2.05) is 38.1 Å². The van der Waals surface area contributed by atoms with Gasteiger partial charge in [-0.25, -0.2) is 0 Å². The molecule has 43 heavy (non-hydrogen) atoms. The molecule has 9 heteroatoms. The molecule has 7 nitrogen and oxygen atoms in total. The second-order valence-corrected chi connectivity index (χ2v) is 25.2. The molecule has 7 atom stereocenters. The third-order valence-corrected chi connectivity index (χ3v) is 19.3. The Labute approximate surface area is 264 Å². The SMILES string of the molecule is C=CC(CO)[C@H]1O[C@](C)([C@H](O)[C@@H](C)COCc2ccc(OC)cc2)[C@@H](O[Si](C)(C)C(C)(C)C)[C@H]1CO[Si](C)(C)C(C)(C)C. The fraction of sp³-hybridized carbons (Fsp3) is 0.765. The number of aliphatic hydroxyl groups excluding tert-OH is 2. The van der Waals surface area contributed by atoms with Gasteiger partial charge in [-0.3, -0.25) is 0 Å². The van der Waals surface area contributed by atoms with E-state index in [0.29, 0.717) is 19.8 Å². The van der Waals surface area contributed by atoms with E-state index in [2.05, 4.69) is 74.3 Å². The molecule has 0 aliphatic carbocycles. The summed E-state index contributed by atoms with van der Waals surface area (Å²) < 4.78 is 32.2. The maximum absolute atomic E-state index is 12.0. The number of ether oxygens (including phenoxy) is 3. The van der Waals surface area contributed by atoms with Crippen molar-refractivity contribution in [3.05, 3.63) is 42.5 Å². The van der Waals surface area contributed by atoms with E-state index in [1.54, 1.807) is 13.2 Å². The molecule has 0 amide bonds. The topological polar surface area (TPSA) is 86.6 Å². The molecule has 1 aliphatic rings. The van der Waals surface area contributed by atoms with Gasteiger partial charge in [0, 0.05) is 24.4 Å². The van der Waals surface area contributed by atoms with Crippen molar-refractivity contribution in [2.45, 2.75) is 122 Å². The summed E-state index contributed by atoms with van der Waals surface area (Å²) in [7, 11) is -2.78. The third-order valence-electron chi connectivity index (χ3n) is 10.3. The third kappa shape index (κ3) is 9.03. The van der Waals surface area contributed by atoms with Crippen LogP contribution in [-0.2, 0) is 24.9 Å². The zero-order chi connectivity index (χ0) is 33.0. The Balaban J connectivity index is 2.43. The van der Waals surface area contributed by atoms with Crippen molar-refractivity contribution >= 4 is 16.6 Å². The van der Waals surface area contributed by atoms with Crippen molar-refractivity contribution in [1.82, 2.24) is 0 Å². The quantitative estimate of drug-likeness (QED) is 0.155. The van der Waals surface area contributed by atoms with Gasteiger partial charge in [0.1, 0.15) is 11.4 Å². The summed E-state index contributed by atoms with van der Waals surface area (Å²) in [6, 6.07) is 7.78. The Morgan fingerprint density at radius 2 is 1.58 bits per heavy atom. The summed E-state index contributed by atoms with van der Waals surface area (Å²) in [6.07, 6.45) is 0.000334. The zero-order valence-electron chi connectivity index (χ0n) is 29.3. The van der Waals surface area contributed by atoms with Crippen molar-refractivity contribution < 1.29 is 33.3 Å². The summed E-state index contributed by atoms with van der Waals surface area (Å²) in [6.45, 7) is 31.4. The molecule has 2 rings (SSSR count). The largest absolute Gasteiger partial charge is 0.497 e. The molecule has 1 unspecified atom stereocenters. The van der Waals surface area contributed by atoms with Crippen LogP contribution in [0.25, 0.3) is 0 Å². The first-order chi connectivity index (χ1) is 19.6. The monoisotopic (exact) mass is 638 g/mol. The average molecular weight is 639 g/mol. The molecule has 1 aromatic rings. The lowest BCUT2D eigenvalue weighted by atomic mass is 9.80. The first-order valence-corrected chi connectivity index (χ1v) is 21.6. The molecule has 0 bridgehead atoms. The highest BCUT2D eigenvalue weighted by atomic mass is 28.4. The molecule has 0 aromatic heterocycles. The number of benzene rings is 1. The van der Waals surface area contributed by atoms with Gasteiger partial charge >= 0.3 is 0 Å². The second-order valence-electron chi connectivity index (χ2n) is 15.7. The van der Waals surface area contributed by atoms with Crippen molar-refractivity contribution in [2.24, 2.45) is 17.8 Å². The van der Waals surface area contributed by atoms with Crippen LogP contribution < -0.4 is 4.74 Å². The highest BCUT2D eigenvalue weighted by molar-refractivity contribution is 6.74. The van der Waals surface area contributed by atoms with E-state index in [-0.39, 0.29) is 34.4 Å². The van der Waals surface area contributed by atoms with Crippen molar-refractivity contribution in [3.63, 3.8) is 0 Å². The van der Waals surface area contributed by atoms with Crippen LogP contribution in [-0.4, -0.2) is 77.7 Å². The van der Waals surface area contributed by atoms with Gasteiger partial charge in [0.2, 0.25) is 0 Å². The molecule has 1 aliphatic heterocycles. The lowest BCUT2D eigenvalue weighted by Crippen LogP contribution is -2.58. The molecular formula is C34H62O7Si2. The number of methoxy groups -OCH3 is 1. The number of aliphatic hydroxyl groups is 2. The van der Waals surface area contributed by atoms with Crippen molar-refractivity contribution in [2.75, 3.05) is 26.9 Å². The van der Waals surface area contributed by atoms with E-state index in [0.717, 1.165) is 11.3 Å². The van der Waals surface area contributed by atoms with Crippen LogP contribution in [0.1, 0.15) is 61.0 Å². The molecule has 2 N–H and O–H groups in total. The predicted octanol–water partition coefficient (Wildman–Crippen LogP) is 7.19. The standard InChI is InChI=1S/C34H62O7Si2/c1-15-26(20-35)29-28(23-39-42(11,12)32(3,4)5)31(41-43(13,14)33(6,7)8)34(9,40-29)30(36)24(2)21-38-22-25-16-18-27(37-10)19-17-25/h15-19,24,26,28-31,35-36H,1,20-23H2,2-14H3/t24-,26?,28-,29+,30+,31-,34+/m0/s1. The Hall–Kier alpha value is -1.05. The lowest BCUT2D eigenvalue weighted by molar-refractivity contribution is -0.164. The highest BCUT2D eigenvalue weighted by Crippen LogP contribution is 2.49. The normalized spacial score (nSPS) is 25.8. The molecular weight excluding hydrogens is 577 g/mol. The molecule has 1 heterocycles. The molecule has 248 valence electrons. The molecule has 0 saturated carbocycles. The van der Waals surface area contributed by atoms with E-state index >= 15 is 0 Å². The Morgan fingerprint density at radius 1 is 1.02 bits per heavy atom. The lowest BCUT2D eigenvalue weighted by Gasteiger charge is -2.46. The van der Waals surface area contributed by atoms with Gasteiger partial charge in [0.15, 0.2) is 16.6 Å². The first-order valence-electron chi connectivity index (χ1n) is 15.8. The van der Waals surface area contributed by atoms with E-state index in [4.69, 9.17) is 23.1 Å². The summed E-state index contributed by atoms with van der Waals surface area (Å²) in [5, 5.41) is 22.4. The van der Waals surface area contributed by atoms with Crippen LogP contribution in [0.15, 0.2) is 36.9 Å². The van der Waals surface area contributed by atoms with Gasteiger partial charge < -0.3 is 33.3 Å². The summed E-state index contributed by atoms with van der Waals surface area (Å²) in [5.74, 6) is 0.0272. The minimum Gasteiger partial charge on any atom is -0.497 e. The average Bonchev–Trinajstić information content (AvgIpc) is 3.18. The van der Waals surface area contributed by atoms with Crippen molar-refractivity contribution in [3.8, 4) is 5.75 Å². The van der Waals surface area contributed by atoms with E-state index in [1.165, 1.54) is 0 Å². The highest BCUT2D eigenvalue weighted by Gasteiger charge is 2.61. The second kappa shape index (κ2) is 14.6. The van der Waals surface area contributed by atoms with Crippen molar-refractivity contribution in [1.29, 1.82) is 0 Å².